The number of pyridine rings is 1. The topological polar surface area (TPSA) is 111 Å². The van der Waals surface area contributed by atoms with Crippen molar-refractivity contribution in [2.24, 2.45) is 0 Å². The fraction of sp³-hybridized carbons (Fsp3) is 0.417. The molecule has 2 aromatic heterocycles. The van der Waals surface area contributed by atoms with Crippen molar-refractivity contribution < 1.29 is 27.6 Å². The average molecular weight is 534 g/mol. The Morgan fingerprint density at radius 2 is 1.84 bits per heavy atom. The molecule has 3 aromatic rings. The zero-order chi connectivity index (χ0) is 26.7. The molecule has 1 fully saturated rings. The van der Waals surface area contributed by atoms with Crippen molar-refractivity contribution >= 4 is 17.3 Å². The van der Waals surface area contributed by atoms with Gasteiger partial charge in [0.05, 0.1) is 6.04 Å². The number of aromatic nitrogens is 3. The number of alkyl halides is 3. The molecule has 0 saturated carbocycles. The van der Waals surface area contributed by atoms with E-state index >= 15 is 0 Å². The number of imidazole rings is 1. The van der Waals surface area contributed by atoms with Gasteiger partial charge in [-0.25, -0.2) is 4.98 Å². The first-order valence-corrected chi connectivity index (χ1v) is 12.1. The summed E-state index contributed by atoms with van der Waals surface area (Å²) in [5.74, 6) is 0.428. The van der Waals surface area contributed by atoms with E-state index in [1.807, 2.05) is 18.3 Å². The molecule has 202 valence electrons. The third-order valence-corrected chi connectivity index (χ3v) is 6.44. The maximum Gasteiger partial charge on any atom is 0.573 e. The molecule has 2 aliphatic heterocycles. The van der Waals surface area contributed by atoms with E-state index < -0.39 is 11.3 Å². The molecule has 14 heteroatoms. The highest BCUT2D eigenvalue weighted by Gasteiger charge is 2.31. The molecule has 0 aliphatic carbocycles. The minimum Gasteiger partial charge on any atom is -0.444 e. The monoisotopic (exact) mass is 533 g/mol. The molecule has 0 amide bonds. The first-order chi connectivity index (χ1) is 18.2. The number of fused-ring (bicyclic) bond motifs is 1. The molecule has 0 spiro atoms. The van der Waals surface area contributed by atoms with Crippen LogP contribution in [0.2, 0.25) is 0 Å². The van der Waals surface area contributed by atoms with Crippen molar-refractivity contribution in [1.82, 2.24) is 19.9 Å². The lowest BCUT2D eigenvalue weighted by molar-refractivity contribution is -0.389. The van der Waals surface area contributed by atoms with Gasteiger partial charge in [-0.05, 0) is 53.8 Å². The molecule has 0 radical (unpaired) electrons. The van der Waals surface area contributed by atoms with Gasteiger partial charge < -0.3 is 34.7 Å². The van der Waals surface area contributed by atoms with Gasteiger partial charge >= 0.3 is 18.2 Å². The van der Waals surface area contributed by atoms with Gasteiger partial charge in [0.15, 0.2) is 0 Å². The molecule has 1 aromatic carbocycles. The molecule has 1 N–H and O–H groups in total. The van der Waals surface area contributed by atoms with Crippen LogP contribution in [0.4, 0.5) is 30.5 Å². The number of ether oxygens (including phenoxy) is 2. The maximum atomic E-state index is 12.4. The van der Waals surface area contributed by atoms with Crippen molar-refractivity contribution in [1.29, 1.82) is 0 Å². The Kier molecular flexibility index (Phi) is 7.22. The van der Waals surface area contributed by atoms with Crippen LogP contribution in [0.15, 0.2) is 48.8 Å². The fourth-order valence-electron chi connectivity index (χ4n) is 4.53. The third-order valence-electron chi connectivity index (χ3n) is 6.44. The zero-order valence-electron chi connectivity index (χ0n) is 20.3. The highest BCUT2D eigenvalue weighted by molar-refractivity contribution is 5.51. The van der Waals surface area contributed by atoms with E-state index in [4.69, 9.17) is 4.74 Å². The molecule has 1 saturated heterocycles. The Bertz CT molecular complexity index is 1240. The van der Waals surface area contributed by atoms with E-state index in [-0.39, 0.29) is 23.6 Å². The fourth-order valence-corrected chi connectivity index (χ4v) is 4.53. The van der Waals surface area contributed by atoms with Crippen LogP contribution < -0.4 is 24.6 Å². The van der Waals surface area contributed by atoms with Crippen LogP contribution in [0, 0.1) is 10.1 Å². The van der Waals surface area contributed by atoms with Gasteiger partial charge in [-0.2, -0.15) is 0 Å². The van der Waals surface area contributed by atoms with Crippen LogP contribution in [0.25, 0.3) is 0 Å². The number of benzene rings is 1. The predicted molar refractivity (Wildman–Crippen MR) is 132 cm³/mol. The largest absolute Gasteiger partial charge is 0.573 e. The average Bonchev–Trinajstić information content (AvgIpc) is 3.33. The van der Waals surface area contributed by atoms with Gasteiger partial charge in [-0.1, -0.05) is 6.07 Å². The van der Waals surface area contributed by atoms with Crippen molar-refractivity contribution in [3.8, 4) is 11.8 Å². The summed E-state index contributed by atoms with van der Waals surface area (Å²) in [5, 5.41) is 14.3. The summed E-state index contributed by atoms with van der Waals surface area (Å²) < 4.78 is 48.2. The minimum atomic E-state index is -4.70. The van der Waals surface area contributed by atoms with Crippen LogP contribution in [-0.4, -0.2) is 71.2 Å². The predicted octanol–water partition coefficient (Wildman–Crippen LogP) is 3.00. The number of anilines is 2. The number of hydrogen-bond acceptors (Lipinski definition) is 9. The molecular weight excluding hydrogens is 507 g/mol. The van der Waals surface area contributed by atoms with Gasteiger partial charge in [0.2, 0.25) is 0 Å². The Balaban J connectivity index is 1.06. The van der Waals surface area contributed by atoms with Crippen molar-refractivity contribution in [3.63, 3.8) is 0 Å². The van der Waals surface area contributed by atoms with Crippen molar-refractivity contribution in [2.45, 2.75) is 25.4 Å². The number of halogens is 3. The van der Waals surface area contributed by atoms with E-state index in [9.17, 15) is 23.3 Å². The van der Waals surface area contributed by atoms with Crippen LogP contribution in [0.5, 0.6) is 11.8 Å². The Labute approximate surface area is 215 Å². The van der Waals surface area contributed by atoms with E-state index in [0.29, 0.717) is 19.7 Å². The molecule has 11 nitrogen and oxygen atoms in total. The summed E-state index contributed by atoms with van der Waals surface area (Å²) >= 11 is 0. The van der Waals surface area contributed by atoms with Crippen molar-refractivity contribution in [3.05, 3.63) is 64.5 Å². The lowest BCUT2D eigenvalue weighted by Crippen LogP contribution is -2.46. The summed E-state index contributed by atoms with van der Waals surface area (Å²) in [4.78, 5) is 23.1. The number of rotatable bonds is 8. The smallest absolute Gasteiger partial charge is 0.444 e. The van der Waals surface area contributed by atoms with Crippen molar-refractivity contribution in [2.75, 3.05) is 49.1 Å². The van der Waals surface area contributed by atoms with Gasteiger partial charge in [-0.15, -0.1) is 13.2 Å². The molecule has 38 heavy (non-hydrogen) atoms. The van der Waals surface area contributed by atoms with Crippen LogP contribution >= 0.6 is 0 Å². The summed E-state index contributed by atoms with van der Waals surface area (Å²) in [7, 11) is 0. The number of piperazine rings is 1. The molecule has 0 bridgehead atoms. The maximum absolute atomic E-state index is 12.4. The van der Waals surface area contributed by atoms with Gasteiger partial charge in [0, 0.05) is 49.6 Å². The molecule has 5 rings (SSSR count). The number of nitrogens with zero attached hydrogens (tertiary/aromatic N) is 6. The van der Waals surface area contributed by atoms with Crippen LogP contribution in [0.1, 0.15) is 5.56 Å². The van der Waals surface area contributed by atoms with E-state index in [2.05, 4.69) is 29.8 Å². The van der Waals surface area contributed by atoms with E-state index in [1.165, 1.54) is 18.3 Å². The first-order valence-electron chi connectivity index (χ1n) is 12.1. The summed E-state index contributed by atoms with van der Waals surface area (Å²) in [6.45, 7) is 4.56. The van der Waals surface area contributed by atoms with Crippen LogP contribution in [0.3, 0.4) is 0 Å². The lowest BCUT2D eigenvalue weighted by Gasteiger charge is -2.36. The van der Waals surface area contributed by atoms with Gasteiger partial charge in [-0.3, -0.25) is 4.57 Å². The number of nitro groups is 1. The summed E-state index contributed by atoms with van der Waals surface area (Å²) in [6.07, 6.45) is -0.690. The van der Waals surface area contributed by atoms with E-state index in [1.54, 1.807) is 16.7 Å². The molecular formula is C24H26F3N7O4. The SMILES string of the molecule is O=[N+]([O-])c1cn2c(n1)OC[C@@H](NCCc1ccc(N3CCN(c4ccc(OC(F)(F)F)cc4)CC3)nc1)C2. The second-order valence-corrected chi connectivity index (χ2v) is 9.04. The number of hydrogen-bond donors (Lipinski definition) is 1. The molecule has 2 aliphatic rings. The lowest BCUT2D eigenvalue weighted by atomic mass is 10.2. The number of nitrogens with one attached hydrogen (secondary N) is 1. The summed E-state index contributed by atoms with van der Waals surface area (Å²) in [6, 6.07) is 10.3. The van der Waals surface area contributed by atoms with Crippen LogP contribution in [-0.2, 0) is 13.0 Å². The molecule has 1 atom stereocenters. The Morgan fingerprint density at radius 1 is 1.11 bits per heavy atom. The quantitative estimate of drug-likeness (QED) is 0.345. The highest BCUT2D eigenvalue weighted by Crippen LogP contribution is 2.26. The Hall–Kier alpha value is -4.07. The van der Waals surface area contributed by atoms with E-state index in [0.717, 1.165) is 49.7 Å². The normalized spacial score (nSPS) is 17.6. The van der Waals surface area contributed by atoms with Gasteiger partial charge in [0.25, 0.3) is 0 Å². The minimum absolute atomic E-state index is 0.0215. The highest BCUT2D eigenvalue weighted by atomic mass is 19.4. The summed E-state index contributed by atoms with van der Waals surface area (Å²) in [5.41, 5.74) is 1.93. The first kappa shape index (κ1) is 25.6. The Morgan fingerprint density at radius 3 is 2.50 bits per heavy atom. The standard InChI is InChI=1S/C24H26F3N7O4/c25-24(26,27)38-20-4-2-19(3-5-20)31-9-11-32(12-10-31)21-6-1-17(13-29-21)7-8-28-18-14-33-15-22(34(35)36)30-23(33)37-16-18/h1-6,13,15,18,28H,7-12,14,16H2/t18-/m0/s1. The second kappa shape index (κ2) is 10.7. The zero-order valence-corrected chi connectivity index (χ0v) is 20.3. The molecule has 4 heterocycles. The molecule has 0 unspecified atom stereocenters. The van der Waals surface area contributed by atoms with Gasteiger partial charge in [0.1, 0.15) is 24.4 Å². The second-order valence-electron chi connectivity index (χ2n) is 9.04. The third kappa shape index (κ3) is 6.25.